The SMILES string of the molecule is CCOc1ccc(NC(=O)COC(=O)CC2c3ccccc3CCN2S(=O)(=O)c2cccs2)c([N+](=O)[O-])c1. The Morgan fingerprint density at radius 2 is 1.97 bits per heavy atom. The van der Waals surface area contributed by atoms with Gasteiger partial charge in [0.1, 0.15) is 15.6 Å². The Kier molecular flexibility index (Phi) is 8.39. The molecule has 1 N–H and O–H groups in total. The van der Waals surface area contributed by atoms with Crippen LogP contribution in [0.2, 0.25) is 0 Å². The lowest BCUT2D eigenvalue weighted by Crippen LogP contribution is -2.41. The molecule has 0 radical (unpaired) electrons. The molecular formula is C25H25N3O8S2. The third-order valence-corrected chi connectivity index (χ3v) is 9.18. The molecule has 1 atom stereocenters. The maximum absolute atomic E-state index is 13.3. The van der Waals surface area contributed by atoms with Gasteiger partial charge in [0, 0.05) is 6.54 Å². The Hall–Kier alpha value is -3.81. The average molecular weight is 560 g/mol. The van der Waals surface area contributed by atoms with E-state index in [0.717, 1.165) is 16.9 Å². The molecule has 3 aromatic rings. The summed E-state index contributed by atoms with van der Waals surface area (Å²) in [5.41, 5.74) is 1.19. The number of ether oxygens (including phenoxy) is 2. The van der Waals surface area contributed by atoms with Crippen molar-refractivity contribution in [2.75, 3.05) is 25.1 Å². The van der Waals surface area contributed by atoms with Crippen LogP contribution in [0.25, 0.3) is 0 Å². The molecule has 0 spiro atoms. The minimum Gasteiger partial charge on any atom is -0.494 e. The van der Waals surface area contributed by atoms with E-state index in [4.69, 9.17) is 9.47 Å². The van der Waals surface area contributed by atoms with Gasteiger partial charge >= 0.3 is 5.97 Å². The van der Waals surface area contributed by atoms with Crippen LogP contribution >= 0.6 is 11.3 Å². The number of rotatable bonds is 10. The van der Waals surface area contributed by atoms with Crippen LogP contribution in [0.5, 0.6) is 5.75 Å². The minimum atomic E-state index is -3.86. The quantitative estimate of drug-likeness (QED) is 0.224. The van der Waals surface area contributed by atoms with Gasteiger partial charge in [-0.2, -0.15) is 4.31 Å². The molecule has 200 valence electrons. The highest BCUT2D eigenvalue weighted by atomic mass is 32.2. The first-order valence-corrected chi connectivity index (χ1v) is 14.0. The first kappa shape index (κ1) is 27.2. The van der Waals surface area contributed by atoms with Gasteiger partial charge in [-0.15, -0.1) is 11.3 Å². The lowest BCUT2D eigenvalue weighted by Gasteiger charge is -2.35. The molecule has 0 saturated heterocycles. The Bertz CT molecular complexity index is 1440. The van der Waals surface area contributed by atoms with E-state index in [9.17, 15) is 28.1 Å². The van der Waals surface area contributed by atoms with Crippen LogP contribution in [0.1, 0.15) is 30.5 Å². The van der Waals surface area contributed by atoms with Gasteiger partial charge in [0.05, 0.1) is 30.1 Å². The Morgan fingerprint density at radius 3 is 2.68 bits per heavy atom. The summed E-state index contributed by atoms with van der Waals surface area (Å²) in [6, 6.07) is 13.6. The fraction of sp³-hybridized carbons (Fsp3) is 0.280. The van der Waals surface area contributed by atoms with Crippen molar-refractivity contribution in [1.29, 1.82) is 0 Å². The number of amides is 1. The molecule has 11 nitrogen and oxygen atoms in total. The van der Waals surface area contributed by atoms with Crippen LogP contribution in [0.3, 0.4) is 0 Å². The molecular weight excluding hydrogens is 534 g/mol. The van der Waals surface area contributed by atoms with Crippen LogP contribution in [0.15, 0.2) is 64.2 Å². The number of anilines is 1. The molecule has 1 aliphatic rings. The highest BCUT2D eigenvalue weighted by Gasteiger charge is 2.38. The second-order valence-corrected chi connectivity index (χ2v) is 11.4. The maximum atomic E-state index is 13.3. The van der Waals surface area contributed by atoms with E-state index in [2.05, 4.69) is 5.32 Å². The summed E-state index contributed by atoms with van der Waals surface area (Å²) in [7, 11) is -3.86. The Labute approximate surface area is 223 Å². The van der Waals surface area contributed by atoms with Crippen molar-refractivity contribution in [2.24, 2.45) is 0 Å². The number of esters is 1. The van der Waals surface area contributed by atoms with Crippen molar-refractivity contribution in [2.45, 2.75) is 30.0 Å². The fourth-order valence-corrected chi connectivity index (χ4v) is 6.95. The van der Waals surface area contributed by atoms with E-state index >= 15 is 0 Å². The molecule has 0 aliphatic carbocycles. The normalized spacial score (nSPS) is 15.3. The molecule has 1 amide bonds. The zero-order valence-electron chi connectivity index (χ0n) is 20.4. The lowest BCUT2D eigenvalue weighted by atomic mass is 9.92. The third-order valence-electron chi connectivity index (χ3n) is 5.90. The number of nitrogens with zero attached hydrogens (tertiary/aromatic N) is 2. The molecule has 2 heterocycles. The zero-order valence-corrected chi connectivity index (χ0v) is 22.0. The van der Waals surface area contributed by atoms with Gasteiger partial charge in [0.2, 0.25) is 0 Å². The minimum absolute atomic E-state index is 0.0751. The second kappa shape index (κ2) is 11.7. The number of carbonyl (C=O) groups is 2. The van der Waals surface area contributed by atoms with Gasteiger partial charge < -0.3 is 14.8 Å². The van der Waals surface area contributed by atoms with Gasteiger partial charge in [0.25, 0.3) is 21.6 Å². The maximum Gasteiger partial charge on any atom is 0.308 e. The topological polar surface area (TPSA) is 145 Å². The van der Waals surface area contributed by atoms with Gasteiger partial charge in [0.15, 0.2) is 6.61 Å². The van der Waals surface area contributed by atoms with Crippen LogP contribution in [-0.2, 0) is 30.8 Å². The van der Waals surface area contributed by atoms with Crippen LogP contribution in [0.4, 0.5) is 11.4 Å². The van der Waals surface area contributed by atoms with Crippen molar-refractivity contribution in [3.8, 4) is 5.75 Å². The number of nitro groups is 1. The van der Waals surface area contributed by atoms with E-state index in [1.54, 1.807) is 30.5 Å². The summed E-state index contributed by atoms with van der Waals surface area (Å²) in [6.07, 6.45) is 0.188. The molecule has 4 rings (SSSR count). The summed E-state index contributed by atoms with van der Waals surface area (Å²) in [6.45, 7) is 1.54. The fourth-order valence-electron chi connectivity index (χ4n) is 4.23. The number of fused-ring (bicyclic) bond motifs is 1. The standard InChI is InChI=1S/C25H25N3O8S2/c1-2-35-18-9-10-20(22(14-18)28(31)32)26-23(29)16-36-24(30)15-21-19-7-4-3-6-17(19)11-12-27(21)38(33,34)25-8-5-13-37-25/h3-10,13-14,21H,2,11-12,15-16H2,1H3,(H,26,29). The molecule has 2 aromatic carbocycles. The molecule has 0 saturated carbocycles. The number of hydrogen-bond donors (Lipinski definition) is 1. The molecule has 1 aromatic heterocycles. The number of nitrogens with one attached hydrogen (secondary N) is 1. The molecule has 0 fully saturated rings. The number of hydrogen-bond acceptors (Lipinski definition) is 9. The molecule has 13 heteroatoms. The first-order valence-electron chi connectivity index (χ1n) is 11.7. The van der Waals surface area contributed by atoms with Gasteiger partial charge in [-0.25, -0.2) is 8.42 Å². The van der Waals surface area contributed by atoms with Crippen LogP contribution in [0, 0.1) is 10.1 Å². The van der Waals surface area contributed by atoms with Crippen molar-refractivity contribution in [1.82, 2.24) is 4.31 Å². The zero-order chi connectivity index (χ0) is 27.3. The number of thiophene rings is 1. The molecule has 1 aliphatic heterocycles. The smallest absolute Gasteiger partial charge is 0.308 e. The predicted octanol–water partition coefficient (Wildman–Crippen LogP) is 3.92. The summed E-state index contributed by atoms with van der Waals surface area (Å²) in [5, 5.41) is 15.4. The van der Waals surface area contributed by atoms with Gasteiger partial charge in [-0.3, -0.25) is 19.7 Å². The van der Waals surface area contributed by atoms with E-state index in [1.807, 2.05) is 12.1 Å². The van der Waals surface area contributed by atoms with E-state index in [-0.39, 0.29) is 34.3 Å². The second-order valence-electron chi connectivity index (χ2n) is 8.29. The number of sulfonamides is 1. The van der Waals surface area contributed by atoms with Crippen LogP contribution in [-0.4, -0.2) is 49.3 Å². The third kappa shape index (κ3) is 6.01. The monoisotopic (exact) mass is 559 g/mol. The van der Waals surface area contributed by atoms with E-state index < -0.39 is 39.5 Å². The summed E-state index contributed by atoms with van der Waals surface area (Å²) in [5.74, 6) is -1.29. The first-order chi connectivity index (χ1) is 18.2. The average Bonchev–Trinajstić information content (AvgIpc) is 3.45. The molecule has 38 heavy (non-hydrogen) atoms. The number of nitro benzene ring substituents is 1. The van der Waals surface area contributed by atoms with Gasteiger partial charge in [-0.1, -0.05) is 30.3 Å². The van der Waals surface area contributed by atoms with Crippen molar-refractivity contribution < 1.29 is 32.4 Å². The van der Waals surface area contributed by atoms with Crippen LogP contribution < -0.4 is 10.1 Å². The number of carbonyl (C=O) groups excluding carboxylic acids is 2. The van der Waals surface area contributed by atoms with Crippen molar-refractivity contribution >= 4 is 44.6 Å². The highest BCUT2D eigenvalue weighted by Crippen LogP contribution is 2.37. The van der Waals surface area contributed by atoms with E-state index in [1.165, 1.54) is 28.6 Å². The van der Waals surface area contributed by atoms with Gasteiger partial charge in [-0.05, 0) is 48.1 Å². The number of benzene rings is 2. The highest BCUT2D eigenvalue weighted by molar-refractivity contribution is 7.91. The summed E-state index contributed by atoms with van der Waals surface area (Å²) < 4.78 is 38.5. The molecule has 1 unspecified atom stereocenters. The lowest BCUT2D eigenvalue weighted by molar-refractivity contribution is -0.384. The predicted molar refractivity (Wildman–Crippen MR) is 140 cm³/mol. The summed E-state index contributed by atoms with van der Waals surface area (Å²) in [4.78, 5) is 36.0. The Balaban J connectivity index is 1.45. The van der Waals surface area contributed by atoms with Crippen molar-refractivity contribution in [3.63, 3.8) is 0 Å². The summed E-state index contributed by atoms with van der Waals surface area (Å²) >= 11 is 1.09. The molecule has 0 bridgehead atoms. The van der Waals surface area contributed by atoms with E-state index in [0.29, 0.717) is 18.6 Å². The largest absolute Gasteiger partial charge is 0.494 e. The Morgan fingerprint density at radius 1 is 1.18 bits per heavy atom. The van der Waals surface area contributed by atoms with Crippen molar-refractivity contribution in [3.05, 3.63) is 81.2 Å².